The van der Waals surface area contributed by atoms with Gasteiger partial charge in [-0.2, -0.15) is 5.10 Å². The second-order valence-electron chi connectivity index (χ2n) is 9.33. The summed E-state index contributed by atoms with van der Waals surface area (Å²) < 4.78 is 19.9. The predicted octanol–water partition coefficient (Wildman–Crippen LogP) is 5.03. The van der Waals surface area contributed by atoms with Gasteiger partial charge in [-0.3, -0.25) is 9.58 Å². The minimum Gasteiger partial charge on any atom is -0.492 e. The highest BCUT2D eigenvalue weighted by Crippen LogP contribution is 2.28. The number of ether oxygens (including phenoxy) is 3. The summed E-state index contributed by atoms with van der Waals surface area (Å²) in [6, 6.07) is 18.7. The zero-order valence-electron chi connectivity index (χ0n) is 20.7. The molecule has 6 heteroatoms. The van der Waals surface area contributed by atoms with Crippen molar-refractivity contribution in [1.29, 1.82) is 0 Å². The van der Waals surface area contributed by atoms with Gasteiger partial charge in [0.15, 0.2) is 0 Å². The molecule has 0 saturated carbocycles. The van der Waals surface area contributed by atoms with Crippen molar-refractivity contribution < 1.29 is 14.2 Å². The SMILES string of the molecule is CO[C@]1(COc2ccc(C)cc2)CCCN(Cc2ccc(OCCn3ccc(C)n3)cc2)CC1. The van der Waals surface area contributed by atoms with E-state index in [4.69, 9.17) is 14.2 Å². The molecule has 4 rings (SSSR count). The molecule has 6 nitrogen and oxygen atoms in total. The Hall–Kier alpha value is -2.83. The van der Waals surface area contributed by atoms with Gasteiger partial charge < -0.3 is 14.2 Å². The van der Waals surface area contributed by atoms with E-state index in [1.807, 2.05) is 43.1 Å². The molecule has 1 aliphatic rings. The third kappa shape index (κ3) is 6.84. The van der Waals surface area contributed by atoms with Crippen molar-refractivity contribution in [1.82, 2.24) is 14.7 Å². The molecule has 182 valence electrons. The van der Waals surface area contributed by atoms with Gasteiger partial charge in [0.05, 0.1) is 12.2 Å². The molecule has 0 bridgehead atoms. The highest BCUT2D eigenvalue weighted by atomic mass is 16.5. The van der Waals surface area contributed by atoms with E-state index in [0.29, 0.717) is 13.2 Å². The van der Waals surface area contributed by atoms with Gasteiger partial charge in [0, 0.05) is 26.4 Å². The van der Waals surface area contributed by atoms with E-state index in [0.717, 1.165) is 62.6 Å². The van der Waals surface area contributed by atoms with Crippen LogP contribution in [0.3, 0.4) is 0 Å². The van der Waals surface area contributed by atoms with E-state index in [9.17, 15) is 0 Å². The molecule has 1 aromatic heterocycles. The predicted molar refractivity (Wildman–Crippen MR) is 134 cm³/mol. The van der Waals surface area contributed by atoms with Crippen LogP contribution in [0, 0.1) is 13.8 Å². The number of hydrogen-bond acceptors (Lipinski definition) is 5. The Morgan fingerprint density at radius 3 is 2.32 bits per heavy atom. The molecular weight excluding hydrogens is 426 g/mol. The van der Waals surface area contributed by atoms with Crippen LogP contribution in [0.1, 0.15) is 36.1 Å². The molecule has 0 amide bonds. The van der Waals surface area contributed by atoms with Crippen molar-refractivity contribution in [2.24, 2.45) is 0 Å². The van der Waals surface area contributed by atoms with Crippen molar-refractivity contribution in [2.45, 2.75) is 51.8 Å². The van der Waals surface area contributed by atoms with Gasteiger partial charge in [0.2, 0.25) is 0 Å². The molecule has 1 atom stereocenters. The van der Waals surface area contributed by atoms with E-state index in [2.05, 4.69) is 53.3 Å². The highest BCUT2D eigenvalue weighted by Gasteiger charge is 2.33. The van der Waals surface area contributed by atoms with Crippen LogP contribution in [-0.2, 0) is 17.8 Å². The molecule has 1 aliphatic heterocycles. The molecule has 2 heterocycles. The number of rotatable bonds is 10. The van der Waals surface area contributed by atoms with Crippen LogP contribution in [0.5, 0.6) is 11.5 Å². The minimum absolute atomic E-state index is 0.232. The molecule has 0 radical (unpaired) electrons. The Balaban J connectivity index is 1.24. The largest absolute Gasteiger partial charge is 0.492 e. The number of hydrogen-bond donors (Lipinski definition) is 0. The Kier molecular flexibility index (Phi) is 8.25. The lowest BCUT2D eigenvalue weighted by Crippen LogP contribution is -2.39. The molecule has 0 unspecified atom stereocenters. The van der Waals surface area contributed by atoms with Crippen LogP contribution in [0.2, 0.25) is 0 Å². The van der Waals surface area contributed by atoms with Gasteiger partial charge >= 0.3 is 0 Å². The van der Waals surface area contributed by atoms with E-state index in [1.54, 1.807) is 0 Å². The summed E-state index contributed by atoms with van der Waals surface area (Å²) in [5, 5.41) is 4.39. The zero-order chi connectivity index (χ0) is 23.8. The molecule has 1 fully saturated rings. The van der Waals surface area contributed by atoms with Crippen molar-refractivity contribution in [3.8, 4) is 11.5 Å². The van der Waals surface area contributed by atoms with Crippen LogP contribution in [0.25, 0.3) is 0 Å². The lowest BCUT2D eigenvalue weighted by molar-refractivity contribution is -0.0541. The average Bonchev–Trinajstić information content (AvgIpc) is 3.16. The third-order valence-corrected chi connectivity index (χ3v) is 6.64. The topological polar surface area (TPSA) is 48.8 Å². The van der Waals surface area contributed by atoms with E-state index >= 15 is 0 Å². The van der Waals surface area contributed by atoms with Gasteiger partial charge in [-0.25, -0.2) is 0 Å². The molecular formula is C28H37N3O3. The van der Waals surface area contributed by atoms with Crippen LogP contribution < -0.4 is 9.47 Å². The number of methoxy groups -OCH3 is 1. The lowest BCUT2D eigenvalue weighted by Gasteiger charge is -2.31. The fourth-order valence-corrected chi connectivity index (χ4v) is 4.43. The molecule has 0 N–H and O–H groups in total. The van der Waals surface area contributed by atoms with Crippen molar-refractivity contribution in [3.63, 3.8) is 0 Å². The first-order valence-corrected chi connectivity index (χ1v) is 12.2. The van der Waals surface area contributed by atoms with E-state index in [1.165, 1.54) is 11.1 Å². The summed E-state index contributed by atoms with van der Waals surface area (Å²) in [7, 11) is 1.82. The Morgan fingerprint density at radius 1 is 0.882 bits per heavy atom. The normalized spacial score (nSPS) is 19.0. The highest BCUT2D eigenvalue weighted by molar-refractivity contribution is 5.27. The van der Waals surface area contributed by atoms with Crippen molar-refractivity contribution in [2.75, 3.05) is 33.4 Å². The summed E-state index contributed by atoms with van der Waals surface area (Å²) in [6.07, 6.45) is 5.05. The Bertz CT molecular complexity index is 1020. The number of likely N-dealkylation sites (tertiary alicyclic amines) is 1. The molecule has 0 aliphatic carbocycles. The summed E-state index contributed by atoms with van der Waals surface area (Å²) in [5.41, 5.74) is 3.34. The van der Waals surface area contributed by atoms with Gasteiger partial charge in [-0.1, -0.05) is 29.8 Å². The zero-order valence-corrected chi connectivity index (χ0v) is 20.7. The lowest BCUT2D eigenvalue weighted by atomic mass is 9.95. The second kappa shape index (κ2) is 11.5. The summed E-state index contributed by atoms with van der Waals surface area (Å²) in [5.74, 6) is 1.81. The first kappa shape index (κ1) is 24.3. The summed E-state index contributed by atoms with van der Waals surface area (Å²) in [6.45, 7) is 9.02. The summed E-state index contributed by atoms with van der Waals surface area (Å²) >= 11 is 0. The fraction of sp³-hybridized carbons (Fsp3) is 0.464. The monoisotopic (exact) mass is 463 g/mol. The van der Waals surface area contributed by atoms with Crippen LogP contribution in [0.15, 0.2) is 60.8 Å². The van der Waals surface area contributed by atoms with Crippen LogP contribution in [0.4, 0.5) is 0 Å². The van der Waals surface area contributed by atoms with Crippen molar-refractivity contribution >= 4 is 0 Å². The van der Waals surface area contributed by atoms with Gasteiger partial charge in [0.25, 0.3) is 0 Å². The van der Waals surface area contributed by atoms with Gasteiger partial charge in [-0.15, -0.1) is 0 Å². The average molecular weight is 464 g/mol. The number of aryl methyl sites for hydroxylation is 2. The smallest absolute Gasteiger partial charge is 0.119 e. The number of benzene rings is 2. The maximum absolute atomic E-state index is 6.12. The van der Waals surface area contributed by atoms with Crippen LogP contribution in [-0.4, -0.2) is 53.7 Å². The van der Waals surface area contributed by atoms with E-state index in [-0.39, 0.29) is 5.60 Å². The first-order chi connectivity index (χ1) is 16.5. The number of aromatic nitrogens is 2. The quantitative estimate of drug-likeness (QED) is 0.422. The first-order valence-electron chi connectivity index (χ1n) is 12.2. The third-order valence-electron chi connectivity index (χ3n) is 6.64. The molecule has 2 aromatic carbocycles. The minimum atomic E-state index is -0.232. The molecule has 0 spiro atoms. The molecule has 3 aromatic rings. The maximum atomic E-state index is 6.12. The number of nitrogens with zero attached hydrogens (tertiary/aromatic N) is 3. The Labute approximate surface area is 203 Å². The Morgan fingerprint density at radius 2 is 1.62 bits per heavy atom. The molecule has 1 saturated heterocycles. The van der Waals surface area contributed by atoms with Crippen molar-refractivity contribution in [3.05, 3.63) is 77.6 Å². The summed E-state index contributed by atoms with van der Waals surface area (Å²) in [4.78, 5) is 2.52. The van der Waals surface area contributed by atoms with Gasteiger partial charge in [-0.05, 0) is 75.5 Å². The van der Waals surface area contributed by atoms with E-state index < -0.39 is 0 Å². The standard InChI is InChI=1S/C28H37N3O3/c1-23-5-9-27(10-6-23)34-22-28(32-3)14-4-16-30(18-15-28)21-25-7-11-26(12-8-25)33-20-19-31-17-13-24(2)29-31/h5-13,17H,4,14-16,18-22H2,1-3H3/t28-/m1/s1. The van der Waals surface area contributed by atoms with Crippen LogP contribution >= 0.6 is 0 Å². The fourth-order valence-electron chi connectivity index (χ4n) is 4.43. The molecule has 34 heavy (non-hydrogen) atoms. The maximum Gasteiger partial charge on any atom is 0.119 e. The second-order valence-corrected chi connectivity index (χ2v) is 9.33. The van der Waals surface area contributed by atoms with Gasteiger partial charge in [0.1, 0.15) is 30.3 Å².